The Bertz CT molecular complexity index is 714. The molecule has 0 saturated carbocycles. The van der Waals surface area contributed by atoms with Crippen molar-refractivity contribution in [1.82, 2.24) is 0 Å². The number of hydrogen-bond acceptors (Lipinski definition) is 17. The topological polar surface area (TPSA) is 275 Å². The summed E-state index contributed by atoms with van der Waals surface area (Å²) in [6.45, 7) is -2.04. The van der Waals surface area contributed by atoms with Gasteiger partial charge in [0.05, 0.1) is 26.4 Å². The highest BCUT2D eigenvalue weighted by Gasteiger charge is 2.48. The van der Waals surface area contributed by atoms with Gasteiger partial charge in [-0.2, -0.15) is 0 Å². The molecule has 3 rings (SSSR count). The molecule has 37 heavy (non-hydrogen) atoms. The summed E-state index contributed by atoms with van der Waals surface area (Å²) in [5.41, 5.74) is 0. The van der Waals surface area contributed by atoms with Crippen LogP contribution in [0.3, 0.4) is 0 Å². The molecule has 0 radical (unpaired) electrons. The highest BCUT2D eigenvalue weighted by Crippen LogP contribution is 2.27. The number of carbonyl (C=O) groups is 1. The van der Waals surface area contributed by atoms with Crippen LogP contribution in [0.25, 0.3) is 0 Å². The molecular weight excluding hydrogens is 512 g/mol. The second kappa shape index (κ2) is 13.4. The first-order valence-electron chi connectivity index (χ1n) is 11.5. The third kappa shape index (κ3) is 6.97. The van der Waals surface area contributed by atoms with Gasteiger partial charge < -0.3 is 84.3 Å². The van der Waals surface area contributed by atoms with Crippen molar-refractivity contribution in [3.8, 4) is 0 Å². The van der Waals surface area contributed by atoms with Crippen LogP contribution >= 0.6 is 0 Å². The summed E-state index contributed by atoms with van der Waals surface area (Å²) >= 11 is 0. The minimum Gasteiger partial charge on any atom is -0.394 e. The van der Waals surface area contributed by atoms with Crippen LogP contribution in [0.2, 0.25) is 0 Å². The third-order valence-corrected chi connectivity index (χ3v) is 6.30. The number of ether oxygens (including phenoxy) is 6. The smallest absolute Gasteiger partial charge is 0.186 e. The Morgan fingerprint density at radius 1 is 0.703 bits per heavy atom. The second-order valence-electron chi connectivity index (χ2n) is 8.94. The van der Waals surface area contributed by atoms with Crippen LogP contribution in [0.5, 0.6) is 0 Å². The molecule has 0 aromatic carbocycles. The first kappa shape index (κ1) is 30.6. The zero-order valence-corrected chi connectivity index (χ0v) is 19.4. The van der Waals surface area contributed by atoms with E-state index in [1.807, 2.05) is 0 Å². The van der Waals surface area contributed by atoms with Crippen LogP contribution in [0.4, 0.5) is 0 Å². The summed E-state index contributed by atoms with van der Waals surface area (Å²) in [6.07, 6.45) is -23.8. The molecule has 0 spiro atoms. The van der Waals surface area contributed by atoms with Crippen molar-refractivity contribution in [1.29, 1.82) is 0 Å². The lowest BCUT2D eigenvalue weighted by atomic mass is 10.0. The zero-order valence-electron chi connectivity index (χ0n) is 19.4. The van der Waals surface area contributed by atoms with Crippen LogP contribution in [-0.2, 0) is 33.2 Å². The molecule has 3 aliphatic rings. The van der Waals surface area contributed by atoms with E-state index in [0.29, 0.717) is 0 Å². The number of aliphatic hydroxyl groups is 10. The van der Waals surface area contributed by atoms with Crippen LogP contribution < -0.4 is 0 Å². The van der Waals surface area contributed by atoms with Crippen LogP contribution in [-0.4, -0.2) is 176 Å². The Morgan fingerprint density at radius 3 is 1.68 bits per heavy atom. The van der Waals surface area contributed by atoms with Gasteiger partial charge in [0, 0.05) is 0 Å². The first-order valence-corrected chi connectivity index (χ1v) is 11.5. The fourth-order valence-electron chi connectivity index (χ4n) is 3.96. The Labute approximate surface area is 209 Å². The Kier molecular flexibility index (Phi) is 11.1. The van der Waals surface area contributed by atoms with Crippen molar-refractivity contribution >= 4 is 6.29 Å². The van der Waals surface area contributed by atoms with Crippen LogP contribution in [0.1, 0.15) is 0 Å². The first-order chi connectivity index (χ1) is 17.5. The second-order valence-corrected chi connectivity index (χ2v) is 8.94. The predicted molar refractivity (Wildman–Crippen MR) is 111 cm³/mol. The van der Waals surface area contributed by atoms with Crippen molar-refractivity contribution in [3.63, 3.8) is 0 Å². The number of aldehydes is 1. The fourth-order valence-corrected chi connectivity index (χ4v) is 3.96. The molecule has 216 valence electrons. The Balaban J connectivity index is 1.52. The lowest BCUT2D eigenvalue weighted by Gasteiger charge is -2.44. The van der Waals surface area contributed by atoms with Gasteiger partial charge in [-0.05, 0) is 0 Å². The largest absolute Gasteiger partial charge is 0.394 e. The average Bonchev–Trinajstić information content (AvgIpc) is 2.89. The molecule has 10 N–H and O–H groups in total. The number of carbonyl (C=O) groups excluding carboxylic acids is 1. The molecule has 0 amide bonds. The highest BCUT2D eigenvalue weighted by molar-refractivity contribution is 5.56. The van der Waals surface area contributed by atoms with Gasteiger partial charge in [-0.15, -0.1) is 0 Å². The molecule has 3 heterocycles. The Hall–Kier alpha value is -0.970. The molecule has 15 atom stereocenters. The lowest BCUT2D eigenvalue weighted by molar-refractivity contribution is -0.352. The number of rotatable bonds is 10. The van der Waals surface area contributed by atoms with Crippen molar-refractivity contribution in [2.75, 3.05) is 26.4 Å². The van der Waals surface area contributed by atoms with Gasteiger partial charge >= 0.3 is 0 Å². The third-order valence-electron chi connectivity index (χ3n) is 6.30. The molecule has 0 aliphatic carbocycles. The fraction of sp³-hybridized carbons (Fsp3) is 0.950. The number of hydrogen-bond donors (Lipinski definition) is 10. The average molecular weight is 546 g/mol. The summed E-state index contributed by atoms with van der Waals surface area (Å²) in [5, 5.41) is 99.4. The van der Waals surface area contributed by atoms with Gasteiger partial charge in [-0.3, -0.25) is 0 Å². The van der Waals surface area contributed by atoms with Gasteiger partial charge in [0.25, 0.3) is 0 Å². The minimum absolute atomic E-state index is 0.0190. The van der Waals surface area contributed by atoms with Crippen molar-refractivity contribution in [3.05, 3.63) is 0 Å². The summed E-state index contributed by atoms with van der Waals surface area (Å²) < 4.78 is 31.7. The van der Waals surface area contributed by atoms with Crippen molar-refractivity contribution in [2.24, 2.45) is 0 Å². The van der Waals surface area contributed by atoms with Gasteiger partial charge in [0.1, 0.15) is 73.2 Å². The Morgan fingerprint density at radius 2 is 1.16 bits per heavy atom. The van der Waals surface area contributed by atoms with Crippen LogP contribution in [0.15, 0.2) is 0 Å². The molecule has 3 saturated heterocycles. The van der Waals surface area contributed by atoms with Gasteiger partial charge in [0.2, 0.25) is 0 Å². The maximum absolute atomic E-state index is 10.6. The molecule has 17 nitrogen and oxygen atoms in total. The van der Waals surface area contributed by atoms with Crippen LogP contribution in [0, 0.1) is 0 Å². The molecule has 17 heteroatoms. The van der Waals surface area contributed by atoms with E-state index in [4.69, 9.17) is 28.4 Å². The summed E-state index contributed by atoms with van der Waals surface area (Å²) in [4.78, 5) is 10.6. The monoisotopic (exact) mass is 546 g/mol. The van der Waals surface area contributed by atoms with Gasteiger partial charge in [-0.1, -0.05) is 0 Å². The normalized spacial score (nSPS) is 45.7. The van der Waals surface area contributed by atoms with Gasteiger partial charge in [0.15, 0.2) is 25.2 Å². The maximum Gasteiger partial charge on any atom is 0.186 e. The van der Waals surface area contributed by atoms with E-state index < -0.39 is 105 Å². The molecule has 0 bridgehead atoms. The van der Waals surface area contributed by atoms with Gasteiger partial charge in [-0.25, -0.2) is 0 Å². The molecule has 0 aromatic rings. The lowest BCUT2D eigenvalue weighted by Crippen LogP contribution is -2.62. The summed E-state index contributed by atoms with van der Waals surface area (Å²) in [6, 6.07) is 0. The van der Waals surface area contributed by atoms with Crippen molar-refractivity contribution < 1.29 is 84.3 Å². The predicted octanol–water partition coefficient (Wildman–Crippen LogP) is -7.35. The highest BCUT2D eigenvalue weighted by atomic mass is 16.7. The van der Waals surface area contributed by atoms with E-state index in [0.717, 1.165) is 0 Å². The molecular formula is C20H34O17. The summed E-state index contributed by atoms with van der Waals surface area (Å²) in [7, 11) is 0. The maximum atomic E-state index is 10.6. The van der Waals surface area contributed by atoms with E-state index in [1.54, 1.807) is 0 Å². The van der Waals surface area contributed by atoms with E-state index in [2.05, 4.69) is 0 Å². The standard InChI is InChI=1S/C20H34O17/c21-1-6(23)11(25)8(2-22)35-19-16(30)13(27)10(4-33-19)37-20-17(31)14(28)9(5-34-20)36-18-15(29)12(26)7(24)3-32-18/h1,6-20,22-31H,2-5H2/t6-,7+,8+,9+,10+,11+,12?,13-,14+,15+,16+,17+,18-,19?,20-/m0/s1. The molecule has 2 unspecified atom stereocenters. The van der Waals surface area contributed by atoms with E-state index in [9.17, 15) is 55.9 Å². The molecule has 0 aromatic heterocycles. The van der Waals surface area contributed by atoms with E-state index in [-0.39, 0.29) is 19.5 Å². The molecule has 3 aliphatic heterocycles. The minimum atomic E-state index is -1.88. The quantitative estimate of drug-likeness (QED) is 0.114. The number of aliphatic hydroxyl groups excluding tert-OH is 10. The SMILES string of the molecule is O=C[C@H](O)[C@@H](O)[C@@H](CO)OC1OC[C@@H](O[C@@H]2OC[C@@H](O[C@@H]3OC[C@@H](O)C(O)[C@H]3O)[C@@H](O)[C@H]2O)[C@H](O)[C@H]1O. The van der Waals surface area contributed by atoms with Crippen molar-refractivity contribution in [2.45, 2.75) is 92.1 Å². The van der Waals surface area contributed by atoms with E-state index in [1.165, 1.54) is 0 Å². The zero-order chi connectivity index (χ0) is 27.4. The summed E-state index contributed by atoms with van der Waals surface area (Å²) in [5.74, 6) is 0. The van der Waals surface area contributed by atoms with E-state index >= 15 is 0 Å². The molecule has 3 fully saturated rings.